The molecule has 0 saturated carbocycles. The molecule has 20 heavy (non-hydrogen) atoms. The van der Waals surface area contributed by atoms with Gasteiger partial charge in [0.15, 0.2) is 6.29 Å². The molecule has 0 amide bonds. The van der Waals surface area contributed by atoms with Crippen molar-refractivity contribution in [1.82, 2.24) is 4.57 Å². The van der Waals surface area contributed by atoms with Crippen molar-refractivity contribution in [3.05, 3.63) is 46.8 Å². The Morgan fingerprint density at radius 2 is 1.75 bits per heavy atom. The van der Waals surface area contributed by atoms with Crippen LogP contribution in [0, 0.1) is 0 Å². The SMILES string of the molecule is CCOC(CCn1c(=O)ccc2ccccc21)OCC. The summed E-state index contributed by atoms with van der Waals surface area (Å²) in [5, 5.41) is 1.07. The average Bonchev–Trinajstić information content (AvgIpc) is 2.46. The Kier molecular flexibility index (Phi) is 5.32. The van der Waals surface area contributed by atoms with Gasteiger partial charge in [0, 0.05) is 32.2 Å². The molecule has 1 aromatic carbocycles. The van der Waals surface area contributed by atoms with E-state index in [1.807, 2.05) is 44.2 Å². The average molecular weight is 275 g/mol. The first-order valence-corrected chi connectivity index (χ1v) is 7.08. The molecule has 0 aliphatic carbocycles. The molecule has 0 spiro atoms. The molecule has 0 radical (unpaired) electrons. The fourth-order valence-corrected chi connectivity index (χ4v) is 2.30. The van der Waals surface area contributed by atoms with Gasteiger partial charge in [-0.1, -0.05) is 18.2 Å². The molecule has 2 rings (SSSR count). The molecule has 1 heterocycles. The second kappa shape index (κ2) is 7.22. The number of hydrogen-bond acceptors (Lipinski definition) is 3. The van der Waals surface area contributed by atoms with Crippen LogP contribution in [0.3, 0.4) is 0 Å². The van der Waals surface area contributed by atoms with E-state index >= 15 is 0 Å². The van der Waals surface area contributed by atoms with Gasteiger partial charge in [-0.05, 0) is 31.4 Å². The van der Waals surface area contributed by atoms with Crippen LogP contribution in [0.2, 0.25) is 0 Å². The Bertz CT molecular complexity index is 600. The first-order chi connectivity index (χ1) is 9.76. The summed E-state index contributed by atoms with van der Waals surface area (Å²) >= 11 is 0. The van der Waals surface area contributed by atoms with Crippen LogP contribution in [-0.2, 0) is 16.0 Å². The van der Waals surface area contributed by atoms with Gasteiger partial charge in [-0.15, -0.1) is 0 Å². The van der Waals surface area contributed by atoms with Crippen LogP contribution in [0.15, 0.2) is 41.2 Å². The van der Waals surface area contributed by atoms with E-state index in [4.69, 9.17) is 9.47 Å². The molecule has 0 atom stereocenters. The fraction of sp³-hybridized carbons (Fsp3) is 0.438. The Labute approximate surface area is 118 Å². The van der Waals surface area contributed by atoms with E-state index in [-0.39, 0.29) is 11.8 Å². The minimum absolute atomic E-state index is 0.00967. The van der Waals surface area contributed by atoms with Gasteiger partial charge in [0.2, 0.25) is 0 Å². The normalized spacial score (nSPS) is 11.3. The number of rotatable bonds is 7. The molecule has 0 bridgehead atoms. The Morgan fingerprint density at radius 3 is 2.45 bits per heavy atom. The summed E-state index contributed by atoms with van der Waals surface area (Å²) in [4.78, 5) is 12.0. The van der Waals surface area contributed by atoms with Crippen molar-refractivity contribution >= 4 is 10.9 Å². The molecule has 4 heteroatoms. The molecular weight excluding hydrogens is 254 g/mol. The van der Waals surface area contributed by atoms with Crippen molar-refractivity contribution < 1.29 is 9.47 Å². The summed E-state index contributed by atoms with van der Waals surface area (Å²) in [7, 11) is 0. The van der Waals surface area contributed by atoms with Gasteiger partial charge in [-0.25, -0.2) is 0 Å². The van der Waals surface area contributed by atoms with Crippen LogP contribution in [0.4, 0.5) is 0 Å². The number of benzene rings is 1. The van der Waals surface area contributed by atoms with Crippen LogP contribution >= 0.6 is 0 Å². The van der Waals surface area contributed by atoms with Crippen molar-refractivity contribution in [3.63, 3.8) is 0 Å². The Balaban J connectivity index is 2.20. The zero-order chi connectivity index (χ0) is 14.4. The molecule has 108 valence electrons. The predicted molar refractivity (Wildman–Crippen MR) is 79.9 cm³/mol. The predicted octanol–water partition coefficient (Wildman–Crippen LogP) is 2.79. The van der Waals surface area contributed by atoms with Crippen LogP contribution in [0.1, 0.15) is 20.3 Å². The van der Waals surface area contributed by atoms with Crippen LogP contribution in [0.5, 0.6) is 0 Å². The summed E-state index contributed by atoms with van der Waals surface area (Å²) in [6.07, 6.45) is 0.408. The second-order valence-electron chi connectivity index (χ2n) is 4.51. The summed E-state index contributed by atoms with van der Waals surface area (Å²) in [5.41, 5.74) is 0.960. The van der Waals surface area contributed by atoms with E-state index in [0.29, 0.717) is 26.2 Å². The molecule has 0 saturated heterocycles. The fourth-order valence-electron chi connectivity index (χ4n) is 2.30. The van der Waals surface area contributed by atoms with Crippen LogP contribution in [-0.4, -0.2) is 24.1 Å². The van der Waals surface area contributed by atoms with Crippen molar-refractivity contribution in [3.8, 4) is 0 Å². The van der Waals surface area contributed by atoms with E-state index < -0.39 is 0 Å². The second-order valence-corrected chi connectivity index (χ2v) is 4.51. The van der Waals surface area contributed by atoms with Gasteiger partial charge in [-0.3, -0.25) is 4.79 Å². The molecular formula is C16H21NO3. The molecule has 0 fully saturated rings. The standard InChI is InChI=1S/C16H21NO3/c1-3-19-16(20-4-2)11-12-17-14-8-6-5-7-13(14)9-10-15(17)18/h5-10,16H,3-4,11-12H2,1-2H3. The van der Waals surface area contributed by atoms with E-state index in [2.05, 4.69) is 0 Å². The first-order valence-electron chi connectivity index (χ1n) is 7.08. The lowest BCUT2D eigenvalue weighted by Gasteiger charge is -2.18. The van der Waals surface area contributed by atoms with Crippen molar-refractivity contribution in [2.24, 2.45) is 0 Å². The Morgan fingerprint density at radius 1 is 1.05 bits per heavy atom. The highest BCUT2D eigenvalue weighted by Gasteiger charge is 2.10. The number of hydrogen-bond donors (Lipinski definition) is 0. The molecule has 0 N–H and O–H groups in total. The maximum absolute atomic E-state index is 12.0. The van der Waals surface area contributed by atoms with Gasteiger partial charge < -0.3 is 14.0 Å². The highest BCUT2D eigenvalue weighted by Crippen LogP contribution is 2.12. The lowest BCUT2D eigenvalue weighted by Crippen LogP contribution is -2.25. The molecule has 4 nitrogen and oxygen atoms in total. The van der Waals surface area contributed by atoms with E-state index in [0.717, 1.165) is 10.9 Å². The van der Waals surface area contributed by atoms with Crippen molar-refractivity contribution in [2.75, 3.05) is 13.2 Å². The minimum atomic E-state index is -0.254. The number of pyridine rings is 1. The number of ether oxygens (including phenoxy) is 2. The Hall–Kier alpha value is -1.65. The zero-order valence-corrected chi connectivity index (χ0v) is 12.0. The third-order valence-corrected chi connectivity index (χ3v) is 3.19. The number of aromatic nitrogens is 1. The third-order valence-electron chi connectivity index (χ3n) is 3.19. The van der Waals surface area contributed by atoms with E-state index in [9.17, 15) is 4.79 Å². The lowest BCUT2D eigenvalue weighted by atomic mass is 10.2. The van der Waals surface area contributed by atoms with E-state index in [1.54, 1.807) is 10.6 Å². The summed E-state index contributed by atoms with van der Waals surface area (Å²) in [6.45, 7) is 5.68. The topological polar surface area (TPSA) is 40.5 Å². The van der Waals surface area contributed by atoms with Gasteiger partial charge in [0.1, 0.15) is 0 Å². The summed E-state index contributed by atoms with van der Waals surface area (Å²) < 4.78 is 12.8. The number of fused-ring (bicyclic) bond motifs is 1. The quantitative estimate of drug-likeness (QED) is 0.730. The molecule has 0 aliphatic rings. The minimum Gasteiger partial charge on any atom is -0.353 e. The highest BCUT2D eigenvalue weighted by atomic mass is 16.7. The smallest absolute Gasteiger partial charge is 0.251 e. The van der Waals surface area contributed by atoms with Gasteiger partial charge in [0.05, 0.1) is 5.52 Å². The van der Waals surface area contributed by atoms with Crippen LogP contribution in [0.25, 0.3) is 10.9 Å². The molecule has 0 unspecified atom stereocenters. The summed E-state index contributed by atoms with van der Waals surface area (Å²) in [5.74, 6) is 0. The largest absolute Gasteiger partial charge is 0.353 e. The lowest BCUT2D eigenvalue weighted by molar-refractivity contribution is -0.140. The zero-order valence-electron chi connectivity index (χ0n) is 12.0. The maximum atomic E-state index is 12.0. The number of para-hydroxylation sites is 1. The van der Waals surface area contributed by atoms with Crippen molar-refractivity contribution in [2.45, 2.75) is 33.1 Å². The molecule has 2 aromatic rings. The monoisotopic (exact) mass is 275 g/mol. The first kappa shape index (κ1) is 14.8. The van der Waals surface area contributed by atoms with Gasteiger partial charge >= 0.3 is 0 Å². The van der Waals surface area contributed by atoms with Gasteiger partial charge in [-0.2, -0.15) is 0 Å². The van der Waals surface area contributed by atoms with Gasteiger partial charge in [0.25, 0.3) is 5.56 Å². The summed E-state index contributed by atoms with van der Waals surface area (Å²) in [6, 6.07) is 11.4. The molecule has 0 aliphatic heterocycles. The highest BCUT2D eigenvalue weighted by molar-refractivity contribution is 5.78. The van der Waals surface area contributed by atoms with Crippen molar-refractivity contribution in [1.29, 1.82) is 0 Å². The maximum Gasteiger partial charge on any atom is 0.251 e. The van der Waals surface area contributed by atoms with E-state index in [1.165, 1.54) is 0 Å². The third kappa shape index (κ3) is 3.46. The number of nitrogens with zero attached hydrogens (tertiary/aromatic N) is 1. The molecule has 1 aromatic heterocycles. The van der Waals surface area contributed by atoms with Crippen LogP contribution < -0.4 is 5.56 Å². The number of aryl methyl sites for hydroxylation is 1.